The molecule has 2 saturated heterocycles. The van der Waals surface area contributed by atoms with Crippen LogP contribution in [-0.2, 0) is 4.79 Å². The zero-order valence-corrected chi connectivity index (χ0v) is 21.8. The van der Waals surface area contributed by atoms with Crippen molar-refractivity contribution in [2.24, 2.45) is 5.92 Å². The topological polar surface area (TPSA) is 81.8 Å². The largest absolute Gasteiger partial charge is 0.340 e. The molecule has 8 heteroatoms. The fourth-order valence-electron chi connectivity index (χ4n) is 5.12. The van der Waals surface area contributed by atoms with Gasteiger partial charge in [-0.3, -0.25) is 9.59 Å². The molecule has 0 aromatic heterocycles. The smallest absolute Gasteiger partial charge is 0.321 e. The molecule has 2 aliphatic heterocycles. The number of rotatable bonds is 5. The number of hydrogen-bond acceptors (Lipinski definition) is 3. The van der Waals surface area contributed by atoms with Crippen LogP contribution >= 0.6 is 11.6 Å². The van der Waals surface area contributed by atoms with Crippen LogP contribution in [0.5, 0.6) is 0 Å². The molecule has 2 heterocycles. The monoisotopic (exact) mass is 510 g/mol. The third kappa shape index (κ3) is 6.38. The van der Waals surface area contributed by atoms with Crippen molar-refractivity contribution >= 4 is 35.1 Å². The predicted octanol–water partition coefficient (Wildman–Crippen LogP) is 5.09. The minimum absolute atomic E-state index is 0.00973. The Bertz CT molecular complexity index is 1080. The maximum absolute atomic E-state index is 13.7. The molecule has 2 atom stereocenters. The van der Waals surface area contributed by atoms with Crippen LogP contribution in [0.15, 0.2) is 48.5 Å². The second-order valence-electron chi connectivity index (χ2n) is 9.96. The highest BCUT2D eigenvalue weighted by Gasteiger charge is 2.38. The fourth-order valence-corrected chi connectivity index (χ4v) is 5.31. The Morgan fingerprint density at radius 2 is 1.69 bits per heavy atom. The number of hydrogen-bond donors (Lipinski definition) is 2. The van der Waals surface area contributed by atoms with E-state index in [1.807, 2.05) is 24.0 Å². The minimum atomic E-state index is -0.613. The molecule has 0 saturated carbocycles. The normalized spacial score (nSPS) is 19.5. The molecule has 2 unspecified atom stereocenters. The predicted molar refractivity (Wildman–Crippen MR) is 142 cm³/mol. The van der Waals surface area contributed by atoms with Crippen LogP contribution in [-0.4, -0.2) is 59.4 Å². The Balaban J connectivity index is 1.44. The second kappa shape index (κ2) is 11.8. The highest BCUT2D eigenvalue weighted by Crippen LogP contribution is 2.26. The third-order valence-corrected chi connectivity index (χ3v) is 7.56. The van der Waals surface area contributed by atoms with E-state index in [4.69, 9.17) is 11.6 Å². The van der Waals surface area contributed by atoms with Crippen LogP contribution < -0.4 is 10.6 Å². The van der Waals surface area contributed by atoms with Crippen molar-refractivity contribution in [1.29, 1.82) is 0 Å². The Morgan fingerprint density at radius 3 is 2.36 bits per heavy atom. The SMILES string of the molecule is Cc1ccc(C(=O)NC(C(=O)N2CCCCC2C)C2CCN(C(=O)Nc3cccc(Cl)c3)CC2)cc1. The molecule has 4 rings (SSSR count). The number of urea groups is 1. The van der Waals surface area contributed by atoms with Crippen molar-refractivity contribution in [1.82, 2.24) is 15.1 Å². The first kappa shape index (κ1) is 26.0. The van der Waals surface area contributed by atoms with Gasteiger partial charge in [-0.1, -0.05) is 35.4 Å². The van der Waals surface area contributed by atoms with E-state index in [2.05, 4.69) is 17.6 Å². The zero-order valence-electron chi connectivity index (χ0n) is 21.0. The van der Waals surface area contributed by atoms with Crippen LogP contribution in [0.2, 0.25) is 5.02 Å². The van der Waals surface area contributed by atoms with Gasteiger partial charge < -0.3 is 20.4 Å². The first-order chi connectivity index (χ1) is 17.3. The molecule has 2 fully saturated rings. The van der Waals surface area contributed by atoms with Crippen molar-refractivity contribution in [2.45, 2.75) is 58.0 Å². The Hall–Kier alpha value is -3.06. The van der Waals surface area contributed by atoms with Crippen LogP contribution in [0.1, 0.15) is 54.9 Å². The van der Waals surface area contributed by atoms with Crippen LogP contribution in [0.25, 0.3) is 0 Å². The lowest BCUT2D eigenvalue weighted by Crippen LogP contribution is -2.57. The van der Waals surface area contributed by atoms with Crippen molar-refractivity contribution in [2.75, 3.05) is 25.0 Å². The van der Waals surface area contributed by atoms with E-state index in [0.29, 0.717) is 42.2 Å². The molecule has 0 aliphatic carbocycles. The van der Waals surface area contributed by atoms with Crippen molar-refractivity contribution < 1.29 is 14.4 Å². The van der Waals surface area contributed by atoms with E-state index in [-0.39, 0.29) is 29.8 Å². The Morgan fingerprint density at radius 1 is 0.972 bits per heavy atom. The summed E-state index contributed by atoms with van der Waals surface area (Å²) >= 11 is 6.03. The molecule has 7 nitrogen and oxygen atoms in total. The zero-order chi connectivity index (χ0) is 25.7. The van der Waals surface area contributed by atoms with Crippen molar-refractivity contribution in [3.8, 4) is 0 Å². The Labute approximate surface area is 218 Å². The molecule has 36 heavy (non-hydrogen) atoms. The maximum Gasteiger partial charge on any atom is 0.321 e. The summed E-state index contributed by atoms with van der Waals surface area (Å²) in [5, 5.41) is 6.52. The molecular formula is C28H35ClN4O3. The number of likely N-dealkylation sites (tertiary alicyclic amines) is 2. The van der Waals surface area contributed by atoms with Gasteiger partial charge >= 0.3 is 6.03 Å². The number of carbonyl (C=O) groups excluding carboxylic acids is 3. The lowest BCUT2D eigenvalue weighted by molar-refractivity contribution is -0.138. The molecule has 2 aromatic carbocycles. The molecule has 2 aromatic rings. The first-order valence-corrected chi connectivity index (χ1v) is 13.2. The first-order valence-electron chi connectivity index (χ1n) is 12.8. The van der Waals surface area contributed by atoms with E-state index in [0.717, 1.165) is 31.4 Å². The maximum atomic E-state index is 13.7. The van der Waals surface area contributed by atoms with E-state index in [1.165, 1.54) is 0 Å². The van der Waals surface area contributed by atoms with Gasteiger partial charge in [0.25, 0.3) is 5.91 Å². The number of amides is 4. The number of aryl methyl sites for hydroxylation is 1. The van der Waals surface area contributed by atoms with E-state index >= 15 is 0 Å². The highest BCUT2D eigenvalue weighted by atomic mass is 35.5. The number of piperidine rings is 2. The van der Waals surface area contributed by atoms with Crippen LogP contribution in [0.4, 0.5) is 10.5 Å². The number of nitrogens with zero attached hydrogens (tertiary/aromatic N) is 2. The summed E-state index contributed by atoms with van der Waals surface area (Å²) in [5.41, 5.74) is 2.26. The van der Waals surface area contributed by atoms with E-state index < -0.39 is 6.04 Å². The van der Waals surface area contributed by atoms with Gasteiger partial charge in [0.1, 0.15) is 6.04 Å². The molecule has 192 valence electrons. The van der Waals surface area contributed by atoms with Gasteiger partial charge in [-0.2, -0.15) is 0 Å². The van der Waals surface area contributed by atoms with Crippen LogP contribution in [0, 0.1) is 12.8 Å². The summed E-state index contributed by atoms with van der Waals surface area (Å²) in [6.07, 6.45) is 4.35. The molecule has 0 bridgehead atoms. The quantitative estimate of drug-likeness (QED) is 0.587. The van der Waals surface area contributed by atoms with Gasteiger partial charge in [-0.05, 0) is 82.2 Å². The van der Waals surface area contributed by atoms with Crippen molar-refractivity contribution in [3.63, 3.8) is 0 Å². The van der Waals surface area contributed by atoms with Gasteiger partial charge in [-0.15, -0.1) is 0 Å². The number of benzene rings is 2. The summed E-state index contributed by atoms with van der Waals surface area (Å²) in [5.74, 6) is -0.292. The van der Waals surface area contributed by atoms with Crippen molar-refractivity contribution in [3.05, 3.63) is 64.7 Å². The van der Waals surface area contributed by atoms with Gasteiger partial charge in [-0.25, -0.2) is 4.79 Å². The van der Waals surface area contributed by atoms with Gasteiger partial charge in [0.15, 0.2) is 0 Å². The molecule has 2 N–H and O–H groups in total. The highest BCUT2D eigenvalue weighted by molar-refractivity contribution is 6.30. The molecule has 4 amide bonds. The lowest BCUT2D eigenvalue weighted by atomic mass is 9.87. The van der Waals surface area contributed by atoms with E-state index in [9.17, 15) is 14.4 Å². The summed E-state index contributed by atoms with van der Waals surface area (Å²) in [7, 11) is 0. The van der Waals surface area contributed by atoms with Gasteiger partial charge in [0.2, 0.25) is 5.91 Å². The second-order valence-corrected chi connectivity index (χ2v) is 10.4. The molecule has 2 aliphatic rings. The summed E-state index contributed by atoms with van der Waals surface area (Å²) in [6, 6.07) is 13.8. The molecule has 0 spiro atoms. The standard InChI is InChI=1S/C28H35ClN4O3/c1-19-9-11-22(12-10-19)26(34)31-25(27(35)33-15-4-3-6-20(33)2)21-13-16-32(17-14-21)28(36)30-24-8-5-7-23(29)18-24/h5,7-12,18,20-21,25H,3-4,6,13-17H2,1-2H3,(H,30,36)(H,31,34). The van der Waals surface area contributed by atoms with E-state index in [1.54, 1.807) is 41.3 Å². The molecular weight excluding hydrogens is 476 g/mol. The summed E-state index contributed by atoms with van der Waals surface area (Å²) < 4.78 is 0. The third-order valence-electron chi connectivity index (χ3n) is 7.33. The summed E-state index contributed by atoms with van der Waals surface area (Å²) in [6.45, 7) is 5.80. The summed E-state index contributed by atoms with van der Waals surface area (Å²) in [4.78, 5) is 43.3. The average Bonchev–Trinajstić information content (AvgIpc) is 2.87. The number of anilines is 1. The number of nitrogens with one attached hydrogen (secondary N) is 2. The number of carbonyl (C=O) groups is 3. The number of halogens is 1. The average molecular weight is 511 g/mol. The van der Waals surface area contributed by atoms with Gasteiger partial charge in [0, 0.05) is 41.9 Å². The Kier molecular flexibility index (Phi) is 8.52. The van der Waals surface area contributed by atoms with Crippen LogP contribution in [0.3, 0.4) is 0 Å². The lowest BCUT2D eigenvalue weighted by Gasteiger charge is -2.40. The fraction of sp³-hybridized carbons (Fsp3) is 0.464. The minimum Gasteiger partial charge on any atom is -0.340 e. The van der Waals surface area contributed by atoms with Gasteiger partial charge in [0.05, 0.1) is 0 Å². The molecule has 0 radical (unpaired) electrons.